The van der Waals surface area contributed by atoms with E-state index in [-0.39, 0.29) is 11.8 Å². The van der Waals surface area contributed by atoms with Crippen molar-refractivity contribution < 1.29 is 9.59 Å². The van der Waals surface area contributed by atoms with Crippen molar-refractivity contribution in [3.05, 3.63) is 57.8 Å². The van der Waals surface area contributed by atoms with E-state index in [1.165, 1.54) is 4.90 Å². The van der Waals surface area contributed by atoms with Gasteiger partial charge in [-0.1, -0.05) is 18.2 Å². The second kappa shape index (κ2) is 7.04. The van der Waals surface area contributed by atoms with Crippen LogP contribution in [0.4, 0.5) is 0 Å². The van der Waals surface area contributed by atoms with Crippen molar-refractivity contribution in [2.45, 2.75) is 13.0 Å². The van der Waals surface area contributed by atoms with Gasteiger partial charge in [0.15, 0.2) is 0 Å². The number of nitrogens with zero attached hydrogens (tertiary/aromatic N) is 1. The van der Waals surface area contributed by atoms with Gasteiger partial charge in [0, 0.05) is 31.1 Å². The van der Waals surface area contributed by atoms with E-state index in [2.05, 4.69) is 5.32 Å². The third kappa shape index (κ3) is 4.43. The van der Waals surface area contributed by atoms with Crippen LogP contribution in [-0.2, 0) is 17.8 Å². The van der Waals surface area contributed by atoms with Gasteiger partial charge in [-0.05, 0) is 29.1 Å². The Morgan fingerprint density at radius 1 is 1.14 bits per heavy atom. The van der Waals surface area contributed by atoms with Crippen LogP contribution in [0.15, 0.2) is 41.8 Å². The van der Waals surface area contributed by atoms with E-state index < -0.39 is 0 Å². The molecule has 0 radical (unpaired) electrons. The molecule has 0 unspecified atom stereocenters. The molecule has 2 aromatic rings. The number of nitrogens with one attached hydrogen (secondary N) is 1. The molecule has 0 saturated carbocycles. The summed E-state index contributed by atoms with van der Waals surface area (Å²) < 4.78 is 0. The summed E-state index contributed by atoms with van der Waals surface area (Å²) in [4.78, 5) is 26.1. The Labute approximate surface area is 128 Å². The monoisotopic (exact) mass is 302 g/mol. The first-order chi connectivity index (χ1) is 10.1. The van der Waals surface area contributed by atoms with Gasteiger partial charge in [-0.15, -0.1) is 11.3 Å². The third-order valence-electron chi connectivity index (χ3n) is 3.01. The highest BCUT2D eigenvalue weighted by atomic mass is 32.1. The Hall–Kier alpha value is -2.14. The van der Waals surface area contributed by atoms with Crippen molar-refractivity contribution in [3.8, 4) is 0 Å². The van der Waals surface area contributed by atoms with Crippen molar-refractivity contribution in [1.82, 2.24) is 10.2 Å². The molecule has 21 heavy (non-hydrogen) atoms. The average molecular weight is 302 g/mol. The highest BCUT2D eigenvalue weighted by molar-refractivity contribution is 7.10. The van der Waals surface area contributed by atoms with E-state index in [4.69, 9.17) is 0 Å². The molecule has 0 fully saturated rings. The molecule has 0 aliphatic rings. The fraction of sp³-hybridized carbons (Fsp3) is 0.250. The number of carbonyl (C=O) groups excluding carboxylic acids is 2. The number of rotatable bonds is 5. The molecule has 5 heteroatoms. The third-order valence-corrected chi connectivity index (χ3v) is 3.89. The largest absolute Gasteiger partial charge is 0.352 e. The van der Waals surface area contributed by atoms with E-state index in [1.807, 2.05) is 29.6 Å². The van der Waals surface area contributed by atoms with Gasteiger partial charge in [-0.3, -0.25) is 9.59 Å². The second-order valence-electron chi connectivity index (χ2n) is 4.93. The summed E-state index contributed by atoms with van der Waals surface area (Å²) in [6.07, 6.45) is 0.412. The predicted molar refractivity (Wildman–Crippen MR) is 84.3 cm³/mol. The summed E-state index contributed by atoms with van der Waals surface area (Å²) in [7, 11) is 3.45. The maximum absolute atomic E-state index is 11.8. The van der Waals surface area contributed by atoms with Gasteiger partial charge in [0.25, 0.3) is 5.91 Å². The molecule has 1 aromatic heterocycles. The van der Waals surface area contributed by atoms with Crippen LogP contribution >= 0.6 is 11.3 Å². The lowest BCUT2D eigenvalue weighted by Gasteiger charge is -2.10. The van der Waals surface area contributed by atoms with Gasteiger partial charge in [-0.2, -0.15) is 0 Å². The molecule has 0 spiro atoms. The van der Waals surface area contributed by atoms with Gasteiger partial charge < -0.3 is 10.2 Å². The Morgan fingerprint density at radius 2 is 1.86 bits per heavy atom. The smallest absolute Gasteiger partial charge is 0.253 e. The fourth-order valence-electron chi connectivity index (χ4n) is 1.86. The summed E-state index contributed by atoms with van der Waals surface area (Å²) in [5.74, 6) is -0.0193. The molecule has 0 saturated heterocycles. The topological polar surface area (TPSA) is 49.4 Å². The molecular formula is C16H18N2O2S. The van der Waals surface area contributed by atoms with Crippen molar-refractivity contribution in [3.63, 3.8) is 0 Å². The van der Waals surface area contributed by atoms with Crippen LogP contribution in [0.25, 0.3) is 0 Å². The molecule has 0 bridgehead atoms. The Bertz CT molecular complexity index is 604. The number of hydrogen-bond donors (Lipinski definition) is 1. The SMILES string of the molecule is CN(C)C(=O)c1ccc(CNC(=O)Cc2cccs2)cc1. The van der Waals surface area contributed by atoms with Crippen LogP contribution in [0.5, 0.6) is 0 Å². The van der Waals surface area contributed by atoms with E-state index in [1.54, 1.807) is 37.6 Å². The number of benzene rings is 1. The van der Waals surface area contributed by atoms with Gasteiger partial charge >= 0.3 is 0 Å². The summed E-state index contributed by atoms with van der Waals surface area (Å²) in [5.41, 5.74) is 1.62. The molecule has 0 aliphatic carbocycles. The molecule has 110 valence electrons. The van der Waals surface area contributed by atoms with Crippen LogP contribution in [0, 0.1) is 0 Å². The first kappa shape index (κ1) is 15.3. The molecule has 1 N–H and O–H groups in total. The Morgan fingerprint density at radius 3 is 2.43 bits per heavy atom. The summed E-state index contributed by atoms with van der Waals surface area (Å²) in [6, 6.07) is 11.2. The molecule has 1 aromatic carbocycles. The predicted octanol–water partition coefficient (Wildman–Crippen LogP) is 2.31. The molecule has 1 heterocycles. The molecule has 4 nitrogen and oxygen atoms in total. The van der Waals surface area contributed by atoms with Crippen LogP contribution in [0.2, 0.25) is 0 Å². The zero-order chi connectivity index (χ0) is 15.2. The van der Waals surface area contributed by atoms with E-state index in [9.17, 15) is 9.59 Å². The maximum Gasteiger partial charge on any atom is 0.253 e. The van der Waals surface area contributed by atoms with Crippen LogP contribution in [0.3, 0.4) is 0 Å². The zero-order valence-corrected chi connectivity index (χ0v) is 12.9. The van der Waals surface area contributed by atoms with Crippen LogP contribution in [0.1, 0.15) is 20.8 Å². The minimum atomic E-state index is -0.0247. The molecular weight excluding hydrogens is 284 g/mol. The quantitative estimate of drug-likeness (QED) is 0.921. The van der Waals surface area contributed by atoms with Gasteiger partial charge in [0.05, 0.1) is 6.42 Å². The van der Waals surface area contributed by atoms with Gasteiger partial charge in [0.1, 0.15) is 0 Å². The summed E-state index contributed by atoms with van der Waals surface area (Å²) >= 11 is 1.58. The minimum Gasteiger partial charge on any atom is -0.352 e. The normalized spacial score (nSPS) is 10.2. The lowest BCUT2D eigenvalue weighted by atomic mass is 10.1. The van der Waals surface area contributed by atoms with Gasteiger partial charge in [-0.25, -0.2) is 0 Å². The summed E-state index contributed by atoms with van der Waals surface area (Å²) in [5, 5.41) is 4.84. The van der Waals surface area contributed by atoms with E-state index in [0.717, 1.165) is 10.4 Å². The molecule has 0 atom stereocenters. The Kier molecular flexibility index (Phi) is 5.11. The van der Waals surface area contributed by atoms with Crippen molar-refractivity contribution >= 4 is 23.2 Å². The lowest BCUT2D eigenvalue weighted by Crippen LogP contribution is -2.24. The Balaban J connectivity index is 1.86. The van der Waals surface area contributed by atoms with E-state index in [0.29, 0.717) is 18.5 Å². The first-order valence-corrected chi connectivity index (χ1v) is 7.54. The maximum atomic E-state index is 11.8. The van der Waals surface area contributed by atoms with Crippen molar-refractivity contribution in [2.24, 2.45) is 0 Å². The minimum absolute atomic E-state index is 0.00546. The lowest BCUT2D eigenvalue weighted by molar-refractivity contribution is -0.120. The summed E-state index contributed by atoms with van der Waals surface area (Å²) in [6.45, 7) is 0.473. The molecule has 2 rings (SSSR count). The fourth-order valence-corrected chi connectivity index (χ4v) is 2.56. The molecule has 2 amide bonds. The number of amides is 2. The van der Waals surface area contributed by atoms with Gasteiger partial charge in [0.2, 0.25) is 5.91 Å². The van der Waals surface area contributed by atoms with Crippen molar-refractivity contribution in [2.75, 3.05) is 14.1 Å². The first-order valence-electron chi connectivity index (χ1n) is 6.66. The van der Waals surface area contributed by atoms with Crippen molar-refractivity contribution in [1.29, 1.82) is 0 Å². The second-order valence-corrected chi connectivity index (χ2v) is 5.96. The molecule has 0 aliphatic heterocycles. The number of carbonyl (C=O) groups is 2. The zero-order valence-electron chi connectivity index (χ0n) is 12.1. The van der Waals surface area contributed by atoms with Crippen LogP contribution in [-0.4, -0.2) is 30.8 Å². The van der Waals surface area contributed by atoms with Crippen LogP contribution < -0.4 is 5.32 Å². The number of thiophene rings is 1. The highest BCUT2D eigenvalue weighted by Gasteiger charge is 2.08. The highest BCUT2D eigenvalue weighted by Crippen LogP contribution is 2.09. The standard InChI is InChI=1S/C16H18N2O2S/c1-18(2)16(20)13-7-5-12(6-8-13)11-17-15(19)10-14-4-3-9-21-14/h3-9H,10-11H2,1-2H3,(H,17,19). The number of hydrogen-bond acceptors (Lipinski definition) is 3. The average Bonchev–Trinajstić information content (AvgIpc) is 2.97. The van der Waals surface area contributed by atoms with E-state index >= 15 is 0 Å².